The topological polar surface area (TPSA) is 26.3 Å². The predicted molar refractivity (Wildman–Crippen MR) is 52.2 cm³/mol. The average molecular weight is 178 g/mol. The number of carbonyl (C=O) groups is 1. The van der Waals surface area contributed by atoms with Crippen LogP contribution >= 0.6 is 0 Å². The molecular formula is C11H14O2. The molecule has 0 N–H and O–H groups in total. The Morgan fingerprint density at radius 3 is 2.85 bits per heavy atom. The van der Waals surface area contributed by atoms with E-state index in [1.165, 1.54) is 7.11 Å². The van der Waals surface area contributed by atoms with Gasteiger partial charge in [-0.25, -0.2) is 4.79 Å². The molecule has 0 aromatic carbocycles. The molecular weight excluding hydrogens is 164 g/mol. The van der Waals surface area contributed by atoms with Crippen LogP contribution in [0.5, 0.6) is 0 Å². The first-order valence-electron chi connectivity index (χ1n) is 4.34. The van der Waals surface area contributed by atoms with E-state index in [4.69, 9.17) is 0 Å². The van der Waals surface area contributed by atoms with Crippen molar-refractivity contribution in [3.8, 4) is 0 Å². The summed E-state index contributed by atoms with van der Waals surface area (Å²) < 4.78 is 4.60. The zero-order chi connectivity index (χ0) is 9.68. The molecule has 2 heteroatoms. The van der Waals surface area contributed by atoms with Crippen LogP contribution in [0, 0.1) is 5.92 Å². The van der Waals surface area contributed by atoms with Gasteiger partial charge < -0.3 is 4.74 Å². The van der Waals surface area contributed by atoms with Crippen LogP contribution in [0.25, 0.3) is 0 Å². The molecule has 13 heavy (non-hydrogen) atoms. The van der Waals surface area contributed by atoms with E-state index in [0.29, 0.717) is 11.5 Å². The molecule has 0 radical (unpaired) electrons. The first-order chi connectivity index (χ1) is 6.24. The van der Waals surface area contributed by atoms with Gasteiger partial charge in [-0.15, -0.1) is 0 Å². The number of hydrogen-bond donors (Lipinski definition) is 0. The lowest BCUT2D eigenvalue weighted by Gasteiger charge is -2.08. The van der Waals surface area contributed by atoms with Gasteiger partial charge in [0.1, 0.15) is 0 Å². The number of rotatable bonds is 2. The Morgan fingerprint density at radius 2 is 2.31 bits per heavy atom. The summed E-state index contributed by atoms with van der Waals surface area (Å²) in [6, 6.07) is 0. The summed E-state index contributed by atoms with van der Waals surface area (Å²) in [6.07, 6.45) is 11.1. The minimum Gasteiger partial charge on any atom is -0.466 e. The SMILES string of the molecule is COC(=O)/C(C)=C/[C@@H]1C=CC=CC1. The van der Waals surface area contributed by atoms with Crippen LogP contribution in [0.1, 0.15) is 13.3 Å². The molecule has 0 saturated heterocycles. The Balaban J connectivity index is 2.59. The molecule has 0 spiro atoms. The monoisotopic (exact) mass is 178 g/mol. The Morgan fingerprint density at radius 1 is 1.54 bits per heavy atom. The fourth-order valence-electron chi connectivity index (χ4n) is 1.27. The Hall–Kier alpha value is -1.31. The molecule has 0 aromatic heterocycles. The Labute approximate surface area is 78.6 Å². The number of ether oxygens (including phenoxy) is 1. The number of carbonyl (C=O) groups excluding carboxylic acids is 1. The molecule has 2 nitrogen and oxygen atoms in total. The summed E-state index contributed by atoms with van der Waals surface area (Å²) >= 11 is 0. The molecule has 70 valence electrons. The maximum atomic E-state index is 11.1. The number of methoxy groups -OCH3 is 1. The third kappa shape index (κ3) is 2.90. The summed E-state index contributed by atoms with van der Waals surface area (Å²) in [5.74, 6) is 0.0899. The third-order valence-corrected chi connectivity index (χ3v) is 1.99. The van der Waals surface area contributed by atoms with Crippen LogP contribution in [-0.4, -0.2) is 13.1 Å². The van der Waals surface area contributed by atoms with Crippen molar-refractivity contribution < 1.29 is 9.53 Å². The highest BCUT2D eigenvalue weighted by Crippen LogP contribution is 2.15. The summed E-state index contributed by atoms with van der Waals surface area (Å²) in [7, 11) is 1.40. The van der Waals surface area contributed by atoms with Crippen molar-refractivity contribution >= 4 is 5.97 Å². The summed E-state index contributed by atoms with van der Waals surface area (Å²) in [6.45, 7) is 1.78. The van der Waals surface area contributed by atoms with Crippen molar-refractivity contribution in [2.45, 2.75) is 13.3 Å². The van der Waals surface area contributed by atoms with Crippen LogP contribution < -0.4 is 0 Å². The third-order valence-electron chi connectivity index (χ3n) is 1.99. The maximum absolute atomic E-state index is 11.1. The zero-order valence-electron chi connectivity index (χ0n) is 7.99. The summed E-state index contributed by atoms with van der Waals surface area (Å²) in [5, 5.41) is 0. The van der Waals surface area contributed by atoms with Crippen LogP contribution in [0.3, 0.4) is 0 Å². The second kappa shape index (κ2) is 4.65. The van der Waals surface area contributed by atoms with Gasteiger partial charge >= 0.3 is 5.97 Å². The Bertz CT molecular complexity index is 272. The highest BCUT2D eigenvalue weighted by molar-refractivity contribution is 5.87. The van der Waals surface area contributed by atoms with Crippen molar-refractivity contribution in [3.63, 3.8) is 0 Å². The normalized spacial score (nSPS) is 21.7. The van der Waals surface area contributed by atoms with Crippen molar-refractivity contribution in [2.75, 3.05) is 7.11 Å². The van der Waals surface area contributed by atoms with Gasteiger partial charge in [0, 0.05) is 5.57 Å². The molecule has 1 aliphatic carbocycles. The number of allylic oxidation sites excluding steroid dienone is 5. The lowest BCUT2D eigenvalue weighted by molar-refractivity contribution is -0.136. The van der Waals surface area contributed by atoms with Crippen molar-refractivity contribution in [3.05, 3.63) is 36.0 Å². The fourth-order valence-corrected chi connectivity index (χ4v) is 1.27. The molecule has 0 fully saturated rings. The molecule has 0 unspecified atom stereocenters. The average Bonchev–Trinajstić information content (AvgIpc) is 2.18. The van der Waals surface area contributed by atoms with Crippen molar-refractivity contribution in [1.82, 2.24) is 0 Å². The molecule has 1 atom stereocenters. The van der Waals surface area contributed by atoms with E-state index in [1.54, 1.807) is 6.92 Å². The second-order valence-electron chi connectivity index (χ2n) is 3.05. The van der Waals surface area contributed by atoms with Gasteiger partial charge in [-0.05, 0) is 19.3 Å². The second-order valence-corrected chi connectivity index (χ2v) is 3.05. The highest BCUT2D eigenvalue weighted by atomic mass is 16.5. The molecule has 0 saturated carbocycles. The van der Waals surface area contributed by atoms with E-state index in [9.17, 15) is 4.79 Å². The number of hydrogen-bond acceptors (Lipinski definition) is 2. The number of esters is 1. The van der Waals surface area contributed by atoms with E-state index in [0.717, 1.165) is 6.42 Å². The minimum atomic E-state index is -0.247. The van der Waals surface area contributed by atoms with Gasteiger partial charge in [0.05, 0.1) is 7.11 Å². The minimum absolute atomic E-state index is 0.247. The molecule has 0 heterocycles. The molecule has 1 aliphatic rings. The molecule has 1 rings (SSSR count). The standard InChI is InChI=1S/C11H14O2/c1-9(11(12)13-2)8-10-6-4-3-5-7-10/h3-6,8,10H,7H2,1-2H3/b9-8+/t10-/m1/s1. The van der Waals surface area contributed by atoms with Gasteiger partial charge in [-0.2, -0.15) is 0 Å². The van der Waals surface area contributed by atoms with Gasteiger partial charge in [-0.1, -0.05) is 30.4 Å². The van der Waals surface area contributed by atoms with Gasteiger partial charge in [0.2, 0.25) is 0 Å². The fraction of sp³-hybridized carbons (Fsp3) is 0.364. The lowest BCUT2D eigenvalue weighted by Crippen LogP contribution is -2.04. The summed E-state index contributed by atoms with van der Waals surface area (Å²) in [5.41, 5.74) is 0.674. The molecule has 0 aliphatic heterocycles. The summed E-state index contributed by atoms with van der Waals surface area (Å²) in [4.78, 5) is 11.1. The highest BCUT2D eigenvalue weighted by Gasteiger charge is 2.07. The molecule has 0 amide bonds. The van der Waals surface area contributed by atoms with Crippen molar-refractivity contribution in [2.24, 2.45) is 5.92 Å². The first-order valence-corrected chi connectivity index (χ1v) is 4.34. The van der Waals surface area contributed by atoms with Crippen LogP contribution in [0.15, 0.2) is 36.0 Å². The van der Waals surface area contributed by atoms with Gasteiger partial charge in [0.25, 0.3) is 0 Å². The Kier molecular flexibility index (Phi) is 3.50. The molecule has 0 bridgehead atoms. The predicted octanol–water partition coefficient (Wildman–Crippen LogP) is 2.24. The van der Waals surface area contributed by atoms with Crippen LogP contribution in [0.4, 0.5) is 0 Å². The van der Waals surface area contributed by atoms with E-state index in [1.807, 2.05) is 18.2 Å². The van der Waals surface area contributed by atoms with E-state index < -0.39 is 0 Å². The van der Waals surface area contributed by atoms with Gasteiger partial charge in [0.15, 0.2) is 0 Å². The first kappa shape index (κ1) is 9.78. The molecule has 0 aromatic rings. The zero-order valence-corrected chi connectivity index (χ0v) is 7.99. The van der Waals surface area contributed by atoms with E-state index >= 15 is 0 Å². The quantitative estimate of drug-likeness (QED) is 0.479. The smallest absolute Gasteiger partial charge is 0.333 e. The van der Waals surface area contributed by atoms with Crippen LogP contribution in [-0.2, 0) is 9.53 Å². The largest absolute Gasteiger partial charge is 0.466 e. The van der Waals surface area contributed by atoms with Gasteiger partial charge in [-0.3, -0.25) is 0 Å². The van der Waals surface area contributed by atoms with E-state index in [-0.39, 0.29) is 5.97 Å². The van der Waals surface area contributed by atoms with E-state index in [2.05, 4.69) is 16.9 Å². The van der Waals surface area contributed by atoms with Crippen LogP contribution in [0.2, 0.25) is 0 Å². The lowest BCUT2D eigenvalue weighted by atomic mass is 9.98. The van der Waals surface area contributed by atoms with Crippen molar-refractivity contribution in [1.29, 1.82) is 0 Å². The maximum Gasteiger partial charge on any atom is 0.333 e.